The van der Waals surface area contributed by atoms with Gasteiger partial charge in [-0.3, -0.25) is 0 Å². The third-order valence-electron chi connectivity index (χ3n) is 6.01. The molecule has 5 rings (SSSR count). The molecule has 4 nitrogen and oxygen atoms in total. The predicted octanol–water partition coefficient (Wildman–Crippen LogP) is 6.06. The molecule has 0 aliphatic carbocycles. The minimum Gasteiger partial charge on any atom is -0.497 e. The maximum absolute atomic E-state index is 6.45. The van der Waals surface area contributed by atoms with E-state index in [9.17, 15) is 0 Å². The third kappa shape index (κ3) is 3.22. The highest BCUT2D eigenvalue weighted by atomic mass is 16.5. The topological polar surface area (TPSA) is 34.1 Å². The fourth-order valence-electron chi connectivity index (χ4n) is 4.26. The molecule has 30 heavy (non-hydrogen) atoms. The minimum absolute atomic E-state index is 0.168. The number of nitrogens with zero attached hydrogens (tertiary/aromatic N) is 2. The lowest BCUT2D eigenvalue weighted by atomic mass is 9.95. The number of hydrogen-bond donors (Lipinski definition) is 0. The molecule has 0 saturated heterocycles. The predicted molar refractivity (Wildman–Crippen MR) is 119 cm³/mol. The van der Waals surface area contributed by atoms with Gasteiger partial charge in [-0.1, -0.05) is 56.3 Å². The van der Waals surface area contributed by atoms with Gasteiger partial charge in [-0.05, 0) is 47.4 Å². The zero-order valence-electron chi connectivity index (χ0n) is 17.6. The van der Waals surface area contributed by atoms with Crippen molar-refractivity contribution in [2.45, 2.75) is 38.5 Å². The molecule has 0 unspecified atom stereocenters. The summed E-state index contributed by atoms with van der Waals surface area (Å²) in [6.45, 7) is 4.43. The molecule has 2 aliphatic rings. The van der Waals surface area contributed by atoms with E-state index in [1.807, 2.05) is 18.2 Å². The first-order valence-corrected chi connectivity index (χ1v) is 10.5. The van der Waals surface area contributed by atoms with E-state index in [2.05, 4.69) is 73.5 Å². The summed E-state index contributed by atoms with van der Waals surface area (Å²) in [7, 11) is 1.69. The Labute approximate surface area is 177 Å². The van der Waals surface area contributed by atoms with Crippen molar-refractivity contribution in [1.82, 2.24) is 5.01 Å². The first-order chi connectivity index (χ1) is 14.6. The van der Waals surface area contributed by atoms with Crippen molar-refractivity contribution in [1.29, 1.82) is 0 Å². The van der Waals surface area contributed by atoms with Crippen molar-refractivity contribution >= 4 is 5.71 Å². The van der Waals surface area contributed by atoms with Crippen LogP contribution in [-0.4, -0.2) is 17.8 Å². The molecule has 2 heterocycles. The second-order valence-corrected chi connectivity index (χ2v) is 8.20. The summed E-state index contributed by atoms with van der Waals surface area (Å²) in [6, 6.07) is 25.4. The van der Waals surface area contributed by atoms with Crippen molar-refractivity contribution in [2.24, 2.45) is 5.10 Å². The highest BCUT2D eigenvalue weighted by Gasteiger charge is 2.40. The van der Waals surface area contributed by atoms with Crippen molar-refractivity contribution in [3.05, 3.63) is 95.1 Å². The molecule has 0 spiro atoms. The van der Waals surface area contributed by atoms with Gasteiger partial charge in [-0.2, -0.15) is 5.10 Å². The van der Waals surface area contributed by atoms with Crippen LogP contribution in [0.4, 0.5) is 0 Å². The maximum atomic E-state index is 6.45. The Bertz CT molecular complexity index is 1070. The third-order valence-corrected chi connectivity index (χ3v) is 6.01. The molecule has 0 amide bonds. The molecule has 0 fully saturated rings. The van der Waals surface area contributed by atoms with Gasteiger partial charge in [0.05, 0.1) is 18.9 Å². The summed E-state index contributed by atoms with van der Waals surface area (Å²) in [5, 5.41) is 7.17. The van der Waals surface area contributed by atoms with Gasteiger partial charge in [0.15, 0.2) is 0 Å². The van der Waals surface area contributed by atoms with Crippen molar-refractivity contribution in [3.8, 4) is 11.5 Å². The first kappa shape index (κ1) is 18.7. The van der Waals surface area contributed by atoms with Crippen LogP contribution in [0, 0.1) is 0 Å². The molecule has 0 bridgehead atoms. The number of hydrogen-bond acceptors (Lipinski definition) is 4. The van der Waals surface area contributed by atoms with Crippen LogP contribution >= 0.6 is 0 Å². The molecule has 3 aromatic rings. The molecule has 2 atom stereocenters. The number of hydrazone groups is 1. The van der Waals surface area contributed by atoms with Crippen LogP contribution in [0.15, 0.2) is 77.9 Å². The van der Waals surface area contributed by atoms with Gasteiger partial charge in [0.25, 0.3) is 0 Å². The Kier molecular flexibility index (Phi) is 4.70. The fraction of sp³-hybridized carbons (Fsp3) is 0.269. The molecule has 0 N–H and O–H groups in total. The number of methoxy groups -OCH3 is 1. The van der Waals surface area contributed by atoms with E-state index in [0.717, 1.165) is 34.8 Å². The first-order valence-electron chi connectivity index (χ1n) is 10.5. The summed E-state index contributed by atoms with van der Waals surface area (Å²) in [4.78, 5) is 0. The molecule has 0 aromatic heterocycles. The van der Waals surface area contributed by atoms with Crippen molar-refractivity contribution in [2.75, 3.05) is 7.11 Å². The largest absolute Gasteiger partial charge is 0.497 e. The Morgan fingerprint density at radius 1 is 0.967 bits per heavy atom. The Morgan fingerprint density at radius 2 is 1.70 bits per heavy atom. The highest BCUT2D eigenvalue weighted by molar-refractivity contribution is 6.02. The van der Waals surface area contributed by atoms with Gasteiger partial charge in [0.1, 0.15) is 11.5 Å². The lowest BCUT2D eigenvalue weighted by Gasteiger charge is -2.38. The SMILES string of the molecule is COc1ccc(C2=NN3[C@H](C2)c2ccccc2O[C@@H]3c2ccc(C(C)C)cc2)cc1. The zero-order valence-corrected chi connectivity index (χ0v) is 17.6. The Hall–Kier alpha value is -3.27. The quantitative estimate of drug-likeness (QED) is 0.536. The van der Waals surface area contributed by atoms with E-state index in [1.54, 1.807) is 7.11 Å². The van der Waals surface area contributed by atoms with Crippen LogP contribution in [0.5, 0.6) is 11.5 Å². The number of para-hydroxylation sites is 1. The zero-order chi connectivity index (χ0) is 20.7. The molecular weight excluding hydrogens is 372 g/mol. The summed E-state index contributed by atoms with van der Waals surface area (Å²) in [6.07, 6.45) is 0.620. The molecule has 3 aromatic carbocycles. The van der Waals surface area contributed by atoms with Crippen molar-refractivity contribution < 1.29 is 9.47 Å². The second kappa shape index (κ2) is 7.52. The van der Waals surface area contributed by atoms with Gasteiger partial charge >= 0.3 is 0 Å². The standard InChI is InChI=1S/C26H26N2O2/c1-17(2)18-8-10-20(11-9-18)26-28-24(22-6-4-5-7-25(22)30-26)16-23(27-28)19-12-14-21(29-3)15-13-19/h4-15,17,24,26H,16H2,1-3H3/t24-,26-/m1/s1. The van der Waals surface area contributed by atoms with Crippen LogP contribution in [0.25, 0.3) is 0 Å². The molecule has 4 heteroatoms. The van der Waals surface area contributed by atoms with E-state index in [-0.39, 0.29) is 12.3 Å². The molecule has 152 valence electrons. The fourth-order valence-corrected chi connectivity index (χ4v) is 4.26. The van der Waals surface area contributed by atoms with Crippen LogP contribution in [-0.2, 0) is 0 Å². The van der Waals surface area contributed by atoms with Crippen LogP contribution < -0.4 is 9.47 Å². The van der Waals surface area contributed by atoms with E-state index in [0.29, 0.717) is 5.92 Å². The number of rotatable bonds is 4. The van der Waals surface area contributed by atoms with Crippen LogP contribution in [0.2, 0.25) is 0 Å². The maximum Gasteiger partial charge on any atom is 0.213 e. The van der Waals surface area contributed by atoms with Gasteiger partial charge in [-0.15, -0.1) is 0 Å². The lowest BCUT2D eigenvalue weighted by molar-refractivity contribution is -0.0190. The summed E-state index contributed by atoms with van der Waals surface area (Å²) < 4.78 is 11.8. The van der Waals surface area contributed by atoms with Gasteiger partial charge < -0.3 is 9.47 Å². The average Bonchev–Trinajstić information content (AvgIpc) is 3.24. The minimum atomic E-state index is -0.234. The number of fused-ring (bicyclic) bond motifs is 3. The second-order valence-electron chi connectivity index (χ2n) is 8.20. The number of ether oxygens (including phenoxy) is 2. The van der Waals surface area contributed by atoms with E-state index >= 15 is 0 Å². The van der Waals surface area contributed by atoms with E-state index in [1.165, 1.54) is 11.1 Å². The summed E-state index contributed by atoms with van der Waals surface area (Å²) >= 11 is 0. The van der Waals surface area contributed by atoms with Gasteiger partial charge in [0.2, 0.25) is 6.23 Å². The van der Waals surface area contributed by atoms with Crippen molar-refractivity contribution in [3.63, 3.8) is 0 Å². The highest BCUT2D eigenvalue weighted by Crippen LogP contribution is 2.47. The molecule has 0 saturated carbocycles. The molecular formula is C26H26N2O2. The summed E-state index contributed by atoms with van der Waals surface area (Å²) in [5.41, 5.74) is 5.84. The average molecular weight is 399 g/mol. The normalized spacial score (nSPS) is 19.7. The summed E-state index contributed by atoms with van der Waals surface area (Å²) in [5.74, 6) is 2.31. The Morgan fingerprint density at radius 3 is 2.40 bits per heavy atom. The van der Waals surface area contributed by atoms with Crippen LogP contribution in [0.1, 0.15) is 60.7 Å². The van der Waals surface area contributed by atoms with Gasteiger partial charge in [0, 0.05) is 17.5 Å². The van der Waals surface area contributed by atoms with E-state index in [4.69, 9.17) is 14.6 Å². The molecule has 0 radical (unpaired) electrons. The van der Waals surface area contributed by atoms with E-state index < -0.39 is 0 Å². The molecule has 2 aliphatic heterocycles. The van der Waals surface area contributed by atoms with Gasteiger partial charge in [-0.25, -0.2) is 5.01 Å². The number of benzene rings is 3. The smallest absolute Gasteiger partial charge is 0.213 e. The Balaban J connectivity index is 1.53. The van der Waals surface area contributed by atoms with Crippen LogP contribution in [0.3, 0.4) is 0 Å². The monoisotopic (exact) mass is 398 g/mol. The lowest BCUT2D eigenvalue weighted by Crippen LogP contribution is -2.33.